The molecule has 0 unspecified atom stereocenters. The molecule has 1 heterocycles. The zero-order valence-corrected chi connectivity index (χ0v) is 15.4. The number of hydrogen-bond donors (Lipinski definition) is 1. The van der Waals surface area contributed by atoms with E-state index in [0.29, 0.717) is 11.7 Å². The Morgan fingerprint density at radius 1 is 1.19 bits per heavy atom. The molecule has 7 heteroatoms. The Hall–Kier alpha value is -2.67. The van der Waals surface area contributed by atoms with Crippen LogP contribution in [0.3, 0.4) is 0 Å². The van der Waals surface area contributed by atoms with E-state index in [1.165, 1.54) is 23.9 Å². The van der Waals surface area contributed by atoms with Gasteiger partial charge in [-0.15, -0.1) is 10.2 Å². The molecule has 0 saturated carbocycles. The zero-order valence-electron chi connectivity index (χ0n) is 14.6. The molecule has 0 radical (unpaired) electrons. The van der Waals surface area contributed by atoms with Crippen LogP contribution < -0.4 is 5.32 Å². The summed E-state index contributed by atoms with van der Waals surface area (Å²) >= 11 is 1.28. The number of rotatable bonds is 6. The van der Waals surface area contributed by atoms with Crippen LogP contribution in [-0.4, -0.2) is 26.4 Å². The van der Waals surface area contributed by atoms with Crippen LogP contribution >= 0.6 is 11.8 Å². The molecular weight excluding hydrogens is 351 g/mol. The number of anilines is 1. The van der Waals surface area contributed by atoms with Crippen molar-refractivity contribution >= 4 is 23.4 Å². The van der Waals surface area contributed by atoms with Gasteiger partial charge in [0.2, 0.25) is 5.91 Å². The summed E-state index contributed by atoms with van der Waals surface area (Å²) in [5.41, 5.74) is 2.31. The molecular formula is C19H19FN4OS. The molecule has 1 amide bonds. The minimum absolute atomic E-state index is 0.125. The topological polar surface area (TPSA) is 59.8 Å². The van der Waals surface area contributed by atoms with Gasteiger partial charge in [0, 0.05) is 12.1 Å². The quantitative estimate of drug-likeness (QED) is 0.663. The third kappa shape index (κ3) is 4.11. The molecule has 0 aliphatic rings. The third-order valence-corrected chi connectivity index (χ3v) is 4.76. The Bertz CT molecular complexity index is 925. The number of aromatic nitrogens is 3. The molecule has 0 fully saturated rings. The van der Waals surface area contributed by atoms with Gasteiger partial charge in [-0.05, 0) is 32.0 Å². The first-order valence-corrected chi connectivity index (χ1v) is 9.24. The lowest BCUT2D eigenvalue weighted by Crippen LogP contribution is -2.15. The first-order valence-electron chi connectivity index (χ1n) is 8.26. The summed E-state index contributed by atoms with van der Waals surface area (Å²) in [4.78, 5) is 12.1. The number of para-hydroxylation sites is 1. The van der Waals surface area contributed by atoms with Crippen LogP contribution in [0.2, 0.25) is 0 Å². The van der Waals surface area contributed by atoms with Crippen LogP contribution in [0.1, 0.15) is 12.5 Å². The second-order valence-corrected chi connectivity index (χ2v) is 6.68. The Kier molecular flexibility index (Phi) is 5.68. The predicted molar refractivity (Wildman–Crippen MR) is 102 cm³/mol. The van der Waals surface area contributed by atoms with Crippen molar-refractivity contribution in [3.8, 4) is 11.4 Å². The summed E-state index contributed by atoms with van der Waals surface area (Å²) in [5.74, 6) is 0.153. The number of halogens is 1. The van der Waals surface area contributed by atoms with Crippen molar-refractivity contribution in [2.45, 2.75) is 25.5 Å². The number of carbonyl (C=O) groups is 1. The van der Waals surface area contributed by atoms with Crippen LogP contribution in [0.25, 0.3) is 11.4 Å². The molecule has 1 aromatic heterocycles. The van der Waals surface area contributed by atoms with Crippen LogP contribution in [0.5, 0.6) is 0 Å². The van der Waals surface area contributed by atoms with Crippen molar-refractivity contribution in [1.29, 1.82) is 0 Å². The fourth-order valence-electron chi connectivity index (χ4n) is 2.56. The predicted octanol–water partition coefficient (Wildman–Crippen LogP) is 4.14. The summed E-state index contributed by atoms with van der Waals surface area (Å²) in [6.07, 6.45) is 0. The summed E-state index contributed by atoms with van der Waals surface area (Å²) in [7, 11) is 0. The highest BCUT2D eigenvalue weighted by Gasteiger charge is 2.15. The van der Waals surface area contributed by atoms with Crippen molar-refractivity contribution in [3.63, 3.8) is 0 Å². The highest BCUT2D eigenvalue weighted by molar-refractivity contribution is 7.99. The van der Waals surface area contributed by atoms with Gasteiger partial charge >= 0.3 is 0 Å². The molecule has 0 saturated heterocycles. The molecule has 3 aromatic rings. The van der Waals surface area contributed by atoms with Gasteiger partial charge in [0.05, 0.1) is 11.4 Å². The number of thioether (sulfide) groups is 1. The minimum Gasteiger partial charge on any atom is -0.323 e. The fraction of sp³-hybridized carbons (Fsp3) is 0.211. The Balaban J connectivity index is 1.71. The molecule has 1 N–H and O–H groups in total. The Morgan fingerprint density at radius 3 is 2.73 bits per heavy atom. The zero-order chi connectivity index (χ0) is 18.5. The molecule has 26 heavy (non-hydrogen) atoms. The van der Waals surface area contributed by atoms with Crippen molar-refractivity contribution in [1.82, 2.24) is 14.8 Å². The normalized spacial score (nSPS) is 10.7. The number of nitrogens with zero attached hydrogens (tertiary/aromatic N) is 3. The number of carbonyl (C=O) groups excluding carboxylic acids is 1. The Labute approximate surface area is 155 Å². The minimum atomic E-state index is -0.454. The maximum atomic E-state index is 13.6. The number of benzene rings is 2. The van der Waals surface area contributed by atoms with E-state index in [0.717, 1.165) is 17.0 Å². The van der Waals surface area contributed by atoms with E-state index in [9.17, 15) is 9.18 Å². The number of nitrogens with one attached hydrogen (secondary N) is 1. The average Bonchev–Trinajstić information content (AvgIpc) is 3.05. The molecule has 0 spiro atoms. The van der Waals surface area contributed by atoms with E-state index < -0.39 is 5.82 Å². The van der Waals surface area contributed by atoms with Crippen LogP contribution in [-0.2, 0) is 11.3 Å². The molecule has 0 aliphatic heterocycles. The Morgan fingerprint density at radius 2 is 2.00 bits per heavy atom. The average molecular weight is 370 g/mol. The summed E-state index contributed by atoms with van der Waals surface area (Å²) in [6, 6.07) is 14.1. The van der Waals surface area contributed by atoms with Crippen LogP contribution in [0, 0.1) is 12.7 Å². The third-order valence-electron chi connectivity index (χ3n) is 3.79. The highest BCUT2D eigenvalue weighted by Crippen LogP contribution is 2.24. The van der Waals surface area contributed by atoms with E-state index in [4.69, 9.17) is 0 Å². The van der Waals surface area contributed by atoms with Gasteiger partial charge in [-0.2, -0.15) is 0 Å². The van der Waals surface area contributed by atoms with E-state index in [1.54, 1.807) is 12.1 Å². The van der Waals surface area contributed by atoms with E-state index >= 15 is 0 Å². The first-order chi connectivity index (χ1) is 12.6. The van der Waals surface area contributed by atoms with Gasteiger partial charge in [0.1, 0.15) is 5.82 Å². The largest absolute Gasteiger partial charge is 0.323 e. The second kappa shape index (κ2) is 8.14. The molecule has 0 bridgehead atoms. The molecule has 5 nitrogen and oxygen atoms in total. The van der Waals surface area contributed by atoms with Crippen LogP contribution in [0.15, 0.2) is 53.7 Å². The molecule has 0 atom stereocenters. The van der Waals surface area contributed by atoms with Crippen LogP contribution in [0.4, 0.5) is 10.1 Å². The maximum absolute atomic E-state index is 13.6. The van der Waals surface area contributed by atoms with Gasteiger partial charge in [-0.25, -0.2) is 4.39 Å². The van der Waals surface area contributed by atoms with E-state index in [1.807, 2.05) is 36.6 Å². The number of amides is 1. The summed E-state index contributed by atoms with van der Waals surface area (Å²) in [5, 5.41) is 11.7. The van der Waals surface area contributed by atoms with Crippen molar-refractivity contribution < 1.29 is 9.18 Å². The first kappa shape index (κ1) is 18.1. The molecule has 3 rings (SSSR count). The number of hydrogen-bond acceptors (Lipinski definition) is 4. The lowest BCUT2D eigenvalue weighted by atomic mass is 10.1. The van der Waals surface area contributed by atoms with Gasteiger partial charge in [-0.3, -0.25) is 4.79 Å². The van der Waals surface area contributed by atoms with Crippen molar-refractivity contribution in [2.75, 3.05) is 11.1 Å². The van der Waals surface area contributed by atoms with Gasteiger partial charge in [0.15, 0.2) is 11.0 Å². The smallest absolute Gasteiger partial charge is 0.234 e. The lowest BCUT2D eigenvalue weighted by molar-refractivity contribution is -0.113. The number of aryl methyl sites for hydroxylation is 1. The van der Waals surface area contributed by atoms with Crippen molar-refractivity contribution in [2.24, 2.45) is 0 Å². The summed E-state index contributed by atoms with van der Waals surface area (Å²) in [6.45, 7) is 4.72. The second-order valence-electron chi connectivity index (χ2n) is 5.74. The standard InChI is InChI=1S/C19H19FN4OS/c1-3-24-18(14-8-6-7-13(2)11-14)22-23-19(24)26-12-17(25)21-16-10-5-4-9-15(16)20/h4-11H,3,12H2,1-2H3,(H,21,25). The molecule has 0 aliphatic carbocycles. The lowest BCUT2D eigenvalue weighted by Gasteiger charge is -2.08. The van der Waals surface area contributed by atoms with Gasteiger partial charge in [0.25, 0.3) is 0 Å². The highest BCUT2D eigenvalue weighted by atomic mass is 32.2. The SMILES string of the molecule is CCn1c(SCC(=O)Nc2ccccc2F)nnc1-c1cccc(C)c1. The molecule has 2 aromatic carbocycles. The van der Waals surface area contributed by atoms with E-state index in [-0.39, 0.29) is 17.3 Å². The summed E-state index contributed by atoms with van der Waals surface area (Å²) < 4.78 is 15.6. The van der Waals surface area contributed by atoms with Gasteiger partial charge in [-0.1, -0.05) is 47.7 Å². The monoisotopic (exact) mass is 370 g/mol. The van der Waals surface area contributed by atoms with E-state index in [2.05, 4.69) is 21.6 Å². The fourth-order valence-corrected chi connectivity index (χ4v) is 3.36. The van der Waals surface area contributed by atoms with Gasteiger partial charge < -0.3 is 9.88 Å². The molecule has 134 valence electrons. The van der Waals surface area contributed by atoms with Crippen molar-refractivity contribution in [3.05, 3.63) is 59.9 Å². The maximum Gasteiger partial charge on any atom is 0.234 e.